The minimum atomic E-state index is -0.386. The summed E-state index contributed by atoms with van der Waals surface area (Å²) < 4.78 is 0. The molecule has 2 N–H and O–H groups in total. The molecule has 106 valence electrons. The van der Waals surface area contributed by atoms with Crippen molar-refractivity contribution in [3.05, 3.63) is 76.0 Å². The summed E-state index contributed by atoms with van der Waals surface area (Å²) in [6.45, 7) is 1.44. The van der Waals surface area contributed by atoms with Crippen LogP contribution in [0.4, 0.5) is 5.69 Å². The Hall–Kier alpha value is -2.66. The van der Waals surface area contributed by atoms with Crippen molar-refractivity contribution in [2.45, 2.75) is 13.1 Å². The highest BCUT2D eigenvalue weighted by molar-refractivity contribution is 5.79. The Balaban J connectivity index is 1.58. The number of nitrogens with one attached hydrogen (secondary N) is 2. The molecule has 0 bridgehead atoms. The quantitative estimate of drug-likeness (QED) is 0.556. The topological polar surface area (TPSA) is 71.0 Å². The molecular weight excluding hydrogens is 266 g/mol. The molecule has 0 unspecified atom stereocenters. The number of nitro benzene ring substituents is 1. The molecule has 1 aromatic heterocycles. The number of aromatic nitrogens is 1. The van der Waals surface area contributed by atoms with Crippen molar-refractivity contribution in [2.75, 3.05) is 0 Å². The van der Waals surface area contributed by atoms with Crippen LogP contribution >= 0.6 is 0 Å². The van der Waals surface area contributed by atoms with E-state index in [4.69, 9.17) is 0 Å². The van der Waals surface area contributed by atoms with Gasteiger partial charge in [0.25, 0.3) is 5.69 Å². The molecule has 2 aromatic carbocycles. The maximum absolute atomic E-state index is 10.6. The molecule has 0 saturated carbocycles. The first-order valence-corrected chi connectivity index (χ1v) is 6.72. The number of H-pyrrole nitrogens is 1. The van der Waals surface area contributed by atoms with Gasteiger partial charge in [0.15, 0.2) is 0 Å². The fourth-order valence-electron chi connectivity index (χ4n) is 2.29. The van der Waals surface area contributed by atoms with Crippen LogP contribution in [0.25, 0.3) is 10.9 Å². The Kier molecular flexibility index (Phi) is 3.66. The lowest BCUT2D eigenvalue weighted by atomic mass is 10.1. The summed E-state index contributed by atoms with van der Waals surface area (Å²) in [6, 6.07) is 15.0. The average Bonchev–Trinajstić information content (AvgIpc) is 2.95. The van der Waals surface area contributed by atoms with Crippen LogP contribution in [0.1, 0.15) is 11.1 Å². The molecule has 0 aliphatic heterocycles. The molecule has 0 saturated heterocycles. The Morgan fingerprint density at radius 2 is 1.71 bits per heavy atom. The van der Waals surface area contributed by atoms with E-state index >= 15 is 0 Å². The van der Waals surface area contributed by atoms with E-state index in [-0.39, 0.29) is 10.6 Å². The number of hydrogen-bond acceptors (Lipinski definition) is 3. The minimum absolute atomic E-state index is 0.121. The van der Waals surface area contributed by atoms with Crippen molar-refractivity contribution >= 4 is 16.6 Å². The molecule has 0 amide bonds. The van der Waals surface area contributed by atoms with E-state index in [1.165, 1.54) is 23.1 Å². The summed E-state index contributed by atoms with van der Waals surface area (Å²) >= 11 is 0. The zero-order chi connectivity index (χ0) is 14.7. The van der Waals surface area contributed by atoms with Crippen molar-refractivity contribution in [3.63, 3.8) is 0 Å². The van der Waals surface area contributed by atoms with Gasteiger partial charge in [0.05, 0.1) is 4.92 Å². The Morgan fingerprint density at radius 1 is 1.00 bits per heavy atom. The van der Waals surface area contributed by atoms with Gasteiger partial charge in [0.1, 0.15) is 0 Å². The molecule has 0 spiro atoms. The van der Waals surface area contributed by atoms with Gasteiger partial charge in [0.2, 0.25) is 0 Å². The molecule has 21 heavy (non-hydrogen) atoms. The molecule has 0 aliphatic rings. The molecule has 0 aliphatic carbocycles. The molecule has 3 aromatic rings. The lowest BCUT2D eigenvalue weighted by Gasteiger charge is -2.05. The van der Waals surface area contributed by atoms with Crippen molar-refractivity contribution in [1.82, 2.24) is 10.3 Å². The lowest BCUT2D eigenvalue weighted by Crippen LogP contribution is -2.12. The number of aromatic amines is 1. The number of benzene rings is 2. The number of nitro groups is 1. The maximum Gasteiger partial charge on any atom is 0.269 e. The minimum Gasteiger partial charge on any atom is -0.361 e. The molecule has 0 atom stereocenters. The fraction of sp³-hybridized carbons (Fsp3) is 0.125. The van der Waals surface area contributed by atoms with E-state index in [1.807, 2.05) is 12.3 Å². The fourth-order valence-corrected chi connectivity index (χ4v) is 2.29. The SMILES string of the molecule is O=[N+]([O-])c1ccc(CNCc2ccc3cc[nH]c3c2)cc1. The van der Waals surface area contributed by atoms with Crippen LogP contribution in [0.15, 0.2) is 54.7 Å². The van der Waals surface area contributed by atoms with Crippen molar-refractivity contribution in [1.29, 1.82) is 0 Å². The molecular formula is C16H15N3O2. The molecule has 3 rings (SSSR count). The summed E-state index contributed by atoms with van der Waals surface area (Å²) in [5.41, 5.74) is 3.48. The third-order valence-electron chi connectivity index (χ3n) is 3.42. The first-order chi connectivity index (χ1) is 10.2. The number of fused-ring (bicyclic) bond motifs is 1. The number of non-ortho nitro benzene ring substituents is 1. The van der Waals surface area contributed by atoms with Crippen LogP contribution in [0.2, 0.25) is 0 Å². The van der Waals surface area contributed by atoms with Crippen LogP contribution in [0.5, 0.6) is 0 Å². The third-order valence-corrected chi connectivity index (χ3v) is 3.42. The van der Waals surface area contributed by atoms with Gasteiger partial charge in [-0.05, 0) is 28.6 Å². The van der Waals surface area contributed by atoms with Crippen molar-refractivity contribution < 1.29 is 4.92 Å². The highest BCUT2D eigenvalue weighted by Crippen LogP contribution is 2.15. The van der Waals surface area contributed by atoms with Crippen LogP contribution in [-0.4, -0.2) is 9.91 Å². The highest BCUT2D eigenvalue weighted by Gasteiger charge is 2.03. The summed E-state index contributed by atoms with van der Waals surface area (Å²) in [5.74, 6) is 0. The second-order valence-electron chi connectivity index (χ2n) is 4.93. The first-order valence-electron chi connectivity index (χ1n) is 6.72. The van der Waals surface area contributed by atoms with E-state index in [0.29, 0.717) is 6.54 Å². The van der Waals surface area contributed by atoms with Crippen LogP contribution in [-0.2, 0) is 13.1 Å². The van der Waals surface area contributed by atoms with E-state index < -0.39 is 0 Å². The van der Waals surface area contributed by atoms with E-state index in [1.54, 1.807) is 12.1 Å². The number of nitrogens with zero attached hydrogens (tertiary/aromatic N) is 1. The molecule has 5 nitrogen and oxygen atoms in total. The molecule has 5 heteroatoms. The Morgan fingerprint density at radius 3 is 2.48 bits per heavy atom. The second kappa shape index (κ2) is 5.76. The van der Waals surface area contributed by atoms with Gasteiger partial charge < -0.3 is 10.3 Å². The number of rotatable bonds is 5. The average molecular weight is 281 g/mol. The zero-order valence-corrected chi connectivity index (χ0v) is 11.4. The maximum atomic E-state index is 10.6. The predicted octanol–water partition coefficient (Wildman–Crippen LogP) is 3.37. The van der Waals surface area contributed by atoms with Gasteiger partial charge in [-0.25, -0.2) is 0 Å². The van der Waals surface area contributed by atoms with E-state index in [9.17, 15) is 10.1 Å². The van der Waals surface area contributed by atoms with E-state index in [2.05, 4.69) is 28.5 Å². The smallest absolute Gasteiger partial charge is 0.269 e. The third kappa shape index (κ3) is 3.09. The second-order valence-corrected chi connectivity index (χ2v) is 4.93. The van der Waals surface area contributed by atoms with Gasteiger partial charge in [-0.1, -0.05) is 24.3 Å². The summed E-state index contributed by atoms with van der Waals surface area (Å²) in [5, 5.41) is 15.1. The monoisotopic (exact) mass is 281 g/mol. The standard InChI is InChI=1S/C16H15N3O2/c20-19(21)15-5-2-12(3-6-15)10-17-11-13-1-4-14-7-8-18-16(14)9-13/h1-9,17-18H,10-11H2. The predicted molar refractivity (Wildman–Crippen MR) is 81.9 cm³/mol. The van der Waals surface area contributed by atoms with Crippen molar-refractivity contribution in [2.24, 2.45) is 0 Å². The van der Waals surface area contributed by atoms with Gasteiger partial charge >= 0.3 is 0 Å². The zero-order valence-electron chi connectivity index (χ0n) is 11.4. The van der Waals surface area contributed by atoms with Crippen molar-refractivity contribution in [3.8, 4) is 0 Å². The van der Waals surface area contributed by atoms with Gasteiger partial charge in [-0.2, -0.15) is 0 Å². The summed E-state index contributed by atoms with van der Waals surface area (Å²) in [4.78, 5) is 13.4. The summed E-state index contributed by atoms with van der Waals surface area (Å²) in [6.07, 6.45) is 1.93. The van der Waals surface area contributed by atoms with E-state index in [0.717, 1.165) is 17.6 Å². The first kappa shape index (κ1) is 13.3. The molecule has 0 fully saturated rings. The molecule has 1 heterocycles. The van der Waals surface area contributed by atoms with Gasteiger partial charge in [0, 0.05) is 36.9 Å². The van der Waals surface area contributed by atoms with Crippen LogP contribution < -0.4 is 5.32 Å². The normalized spacial score (nSPS) is 10.9. The van der Waals surface area contributed by atoms with Crippen LogP contribution in [0, 0.1) is 10.1 Å². The number of hydrogen-bond donors (Lipinski definition) is 2. The highest BCUT2D eigenvalue weighted by atomic mass is 16.6. The van der Waals surface area contributed by atoms with Crippen LogP contribution in [0.3, 0.4) is 0 Å². The molecule has 0 radical (unpaired) electrons. The summed E-state index contributed by atoms with van der Waals surface area (Å²) in [7, 11) is 0. The Bertz CT molecular complexity index is 763. The van der Waals surface area contributed by atoms with Gasteiger partial charge in [-0.3, -0.25) is 10.1 Å². The lowest BCUT2D eigenvalue weighted by molar-refractivity contribution is -0.384. The van der Waals surface area contributed by atoms with Gasteiger partial charge in [-0.15, -0.1) is 0 Å². The largest absolute Gasteiger partial charge is 0.361 e. The Labute approximate surface area is 121 Å².